The maximum Gasteiger partial charge on any atom is 0.287 e. The number of carbonyl (C=O) groups excluding carboxylic acids is 2. The molecule has 3 aromatic rings. The van der Waals surface area contributed by atoms with Crippen molar-refractivity contribution in [3.05, 3.63) is 98.3 Å². The van der Waals surface area contributed by atoms with Crippen LogP contribution >= 0.6 is 27.3 Å². The molecule has 0 atom stereocenters. The zero-order valence-corrected chi connectivity index (χ0v) is 18.0. The van der Waals surface area contributed by atoms with E-state index in [1.165, 1.54) is 11.3 Å². The molecule has 0 bridgehead atoms. The van der Waals surface area contributed by atoms with Gasteiger partial charge in [-0.25, -0.2) is 5.43 Å². The molecule has 146 valence electrons. The highest BCUT2D eigenvalue weighted by molar-refractivity contribution is 9.10. The molecular weight excluding hydrogens is 450 g/mol. The highest BCUT2D eigenvalue weighted by Crippen LogP contribution is 2.14. The van der Waals surface area contributed by atoms with Gasteiger partial charge in [0.25, 0.3) is 11.8 Å². The summed E-state index contributed by atoms with van der Waals surface area (Å²) in [4.78, 5) is 26.1. The van der Waals surface area contributed by atoms with Gasteiger partial charge in [0, 0.05) is 14.9 Å². The maximum atomic E-state index is 12.7. The Morgan fingerprint density at radius 3 is 2.45 bits per heavy atom. The summed E-state index contributed by atoms with van der Waals surface area (Å²) < 4.78 is 0.921. The van der Waals surface area contributed by atoms with Crippen LogP contribution in [-0.4, -0.2) is 17.5 Å². The van der Waals surface area contributed by atoms with Crippen LogP contribution in [0.3, 0.4) is 0 Å². The first kappa shape index (κ1) is 20.7. The molecule has 3 rings (SSSR count). The quantitative estimate of drug-likeness (QED) is 0.309. The molecule has 0 unspecified atom stereocenters. The zero-order chi connectivity index (χ0) is 20.6. The van der Waals surface area contributed by atoms with Crippen molar-refractivity contribution in [2.45, 2.75) is 6.92 Å². The van der Waals surface area contributed by atoms with E-state index in [4.69, 9.17) is 0 Å². The summed E-state index contributed by atoms with van der Waals surface area (Å²) in [6, 6.07) is 20.1. The lowest BCUT2D eigenvalue weighted by molar-refractivity contribution is -0.117. The average Bonchev–Trinajstić information content (AvgIpc) is 3.25. The van der Waals surface area contributed by atoms with Crippen molar-refractivity contribution in [3.63, 3.8) is 0 Å². The molecule has 7 heteroatoms. The van der Waals surface area contributed by atoms with Gasteiger partial charge >= 0.3 is 0 Å². The van der Waals surface area contributed by atoms with Crippen molar-refractivity contribution >= 4 is 50.9 Å². The summed E-state index contributed by atoms with van der Waals surface area (Å²) in [6.45, 7) is 1.80. The average molecular weight is 468 g/mol. The molecule has 0 aliphatic heterocycles. The van der Waals surface area contributed by atoms with Gasteiger partial charge in [0.05, 0.1) is 5.71 Å². The number of hydrazone groups is 1. The molecule has 0 spiro atoms. The Morgan fingerprint density at radius 1 is 1.00 bits per heavy atom. The number of hydrogen-bond donors (Lipinski definition) is 2. The smallest absolute Gasteiger partial charge is 0.287 e. The molecule has 2 amide bonds. The molecule has 0 saturated heterocycles. The van der Waals surface area contributed by atoms with Gasteiger partial charge in [-0.15, -0.1) is 11.3 Å². The van der Waals surface area contributed by atoms with Crippen LogP contribution in [0, 0.1) is 0 Å². The number of amides is 2. The SMILES string of the molecule is C/C(=N/NC(=O)/C(=C\c1cccs1)NC(=O)c1ccccc1)c1cccc(Br)c1. The zero-order valence-electron chi connectivity index (χ0n) is 15.6. The van der Waals surface area contributed by atoms with Crippen LogP contribution in [-0.2, 0) is 4.79 Å². The Hall–Kier alpha value is -3.03. The van der Waals surface area contributed by atoms with Crippen molar-refractivity contribution in [3.8, 4) is 0 Å². The van der Waals surface area contributed by atoms with Crippen LogP contribution in [0.15, 0.2) is 87.4 Å². The Kier molecular flexibility index (Phi) is 7.10. The number of nitrogens with zero attached hydrogens (tertiary/aromatic N) is 1. The van der Waals surface area contributed by atoms with E-state index in [2.05, 4.69) is 31.8 Å². The van der Waals surface area contributed by atoms with E-state index < -0.39 is 5.91 Å². The monoisotopic (exact) mass is 467 g/mol. The lowest BCUT2D eigenvalue weighted by atomic mass is 10.1. The summed E-state index contributed by atoms with van der Waals surface area (Å²) >= 11 is 4.88. The van der Waals surface area contributed by atoms with Crippen molar-refractivity contribution in [2.75, 3.05) is 0 Å². The first-order chi connectivity index (χ1) is 14.0. The number of thiophene rings is 1. The van der Waals surface area contributed by atoms with Crippen molar-refractivity contribution < 1.29 is 9.59 Å². The predicted molar refractivity (Wildman–Crippen MR) is 121 cm³/mol. The molecule has 0 saturated carbocycles. The summed E-state index contributed by atoms with van der Waals surface area (Å²) in [5, 5.41) is 8.76. The van der Waals surface area contributed by atoms with Gasteiger partial charge in [-0.1, -0.05) is 52.3 Å². The van der Waals surface area contributed by atoms with Crippen LogP contribution in [0.25, 0.3) is 6.08 Å². The number of nitrogens with one attached hydrogen (secondary N) is 2. The molecule has 0 aliphatic carbocycles. The molecule has 0 fully saturated rings. The van der Waals surface area contributed by atoms with Crippen molar-refractivity contribution in [1.82, 2.24) is 10.7 Å². The number of hydrogen-bond acceptors (Lipinski definition) is 4. The van der Waals surface area contributed by atoms with Crippen LogP contribution < -0.4 is 10.7 Å². The van der Waals surface area contributed by atoms with Gasteiger partial charge in [-0.3, -0.25) is 9.59 Å². The van der Waals surface area contributed by atoms with Gasteiger partial charge in [-0.2, -0.15) is 5.10 Å². The van der Waals surface area contributed by atoms with Crippen LogP contribution in [0.1, 0.15) is 27.7 Å². The van der Waals surface area contributed by atoms with Gasteiger partial charge in [0.2, 0.25) is 0 Å². The first-order valence-corrected chi connectivity index (χ1v) is 10.4. The fourth-order valence-corrected chi connectivity index (χ4v) is 3.49. The largest absolute Gasteiger partial charge is 0.317 e. The minimum absolute atomic E-state index is 0.118. The Morgan fingerprint density at radius 2 is 1.76 bits per heavy atom. The molecule has 2 aromatic carbocycles. The van der Waals surface area contributed by atoms with Crippen LogP contribution in [0.2, 0.25) is 0 Å². The second-order valence-electron chi connectivity index (χ2n) is 6.04. The minimum Gasteiger partial charge on any atom is -0.317 e. The second-order valence-corrected chi connectivity index (χ2v) is 7.94. The summed E-state index contributed by atoms with van der Waals surface area (Å²) in [6.07, 6.45) is 1.63. The maximum absolute atomic E-state index is 12.7. The predicted octanol–water partition coefficient (Wildman–Crippen LogP) is 4.82. The topological polar surface area (TPSA) is 70.6 Å². The molecular formula is C22H18BrN3O2S. The molecule has 29 heavy (non-hydrogen) atoms. The molecule has 0 aliphatic rings. The van der Waals surface area contributed by atoms with E-state index in [0.29, 0.717) is 11.3 Å². The summed E-state index contributed by atoms with van der Waals surface area (Å²) in [7, 11) is 0. The van der Waals surface area contributed by atoms with E-state index in [1.807, 2.05) is 47.8 Å². The Labute approximate surface area is 181 Å². The highest BCUT2D eigenvalue weighted by atomic mass is 79.9. The Bertz CT molecular complexity index is 1060. The third-order valence-corrected chi connectivity index (χ3v) is 5.24. The molecule has 1 aromatic heterocycles. The van der Waals surface area contributed by atoms with Crippen LogP contribution in [0.5, 0.6) is 0 Å². The lowest BCUT2D eigenvalue weighted by Gasteiger charge is -2.09. The second kappa shape index (κ2) is 9.95. The number of carbonyl (C=O) groups is 2. The summed E-state index contributed by atoms with van der Waals surface area (Å²) in [5.41, 5.74) is 4.62. The van der Waals surface area contributed by atoms with Gasteiger partial charge in [0.15, 0.2) is 0 Å². The fraction of sp³-hybridized carbons (Fsp3) is 0.0455. The molecule has 0 radical (unpaired) electrons. The van der Waals surface area contributed by atoms with E-state index >= 15 is 0 Å². The van der Waals surface area contributed by atoms with Crippen LogP contribution in [0.4, 0.5) is 0 Å². The van der Waals surface area contributed by atoms with E-state index in [-0.39, 0.29) is 11.6 Å². The van der Waals surface area contributed by atoms with Gasteiger partial charge in [-0.05, 0) is 54.3 Å². The summed E-state index contributed by atoms with van der Waals surface area (Å²) in [5.74, 6) is -0.867. The van der Waals surface area contributed by atoms with E-state index in [0.717, 1.165) is 14.9 Å². The van der Waals surface area contributed by atoms with Gasteiger partial charge in [0.1, 0.15) is 5.70 Å². The molecule has 1 heterocycles. The first-order valence-electron chi connectivity index (χ1n) is 8.75. The highest BCUT2D eigenvalue weighted by Gasteiger charge is 2.15. The minimum atomic E-state index is -0.503. The van der Waals surface area contributed by atoms with Crippen molar-refractivity contribution in [1.29, 1.82) is 0 Å². The van der Waals surface area contributed by atoms with E-state index in [1.54, 1.807) is 37.3 Å². The number of halogens is 1. The number of rotatable bonds is 6. The molecule has 5 nitrogen and oxygen atoms in total. The van der Waals surface area contributed by atoms with E-state index in [9.17, 15) is 9.59 Å². The number of benzene rings is 2. The standard InChI is InChI=1S/C22H18BrN3O2S/c1-15(17-9-5-10-18(23)13-17)25-26-22(28)20(14-19-11-6-12-29-19)24-21(27)16-7-3-2-4-8-16/h2-14H,1H3,(H,24,27)(H,26,28)/b20-14+,25-15-. The normalized spacial score (nSPS) is 11.8. The fourth-order valence-electron chi connectivity index (χ4n) is 2.43. The molecule has 2 N–H and O–H groups in total. The van der Waals surface area contributed by atoms with Gasteiger partial charge < -0.3 is 5.32 Å². The third-order valence-electron chi connectivity index (χ3n) is 3.93. The Balaban J connectivity index is 1.79. The lowest BCUT2D eigenvalue weighted by Crippen LogP contribution is -2.33. The van der Waals surface area contributed by atoms with Crippen molar-refractivity contribution in [2.24, 2.45) is 5.10 Å². The third kappa shape index (κ3) is 5.97.